The SMILES string of the molecule is CC(=O)N1CCC(CN[C@@H](C)Cn2cc(C)cn2)CC1. The maximum atomic E-state index is 11.3. The number of likely N-dealkylation sites (tertiary alicyclic amines) is 1. The molecule has 2 heterocycles. The molecule has 1 aromatic heterocycles. The second kappa shape index (κ2) is 6.88. The maximum absolute atomic E-state index is 11.3. The lowest BCUT2D eigenvalue weighted by atomic mass is 9.96. The van der Waals surface area contributed by atoms with E-state index in [0.717, 1.165) is 39.0 Å². The normalized spacial score (nSPS) is 18.2. The second-order valence-corrected chi connectivity index (χ2v) is 6.00. The maximum Gasteiger partial charge on any atom is 0.219 e. The van der Waals surface area contributed by atoms with Crippen molar-refractivity contribution in [2.75, 3.05) is 19.6 Å². The zero-order valence-corrected chi connectivity index (χ0v) is 12.8. The molecule has 0 radical (unpaired) electrons. The zero-order valence-electron chi connectivity index (χ0n) is 12.8. The molecule has 1 fully saturated rings. The molecular weight excluding hydrogens is 252 g/mol. The number of aromatic nitrogens is 2. The molecule has 1 aliphatic rings. The number of aryl methyl sites for hydroxylation is 1. The van der Waals surface area contributed by atoms with Crippen LogP contribution in [0.2, 0.25) is 0 Å². The van der Waals surface area contributed by atoms with Crippen molar-refractivity contribution in [1.82, 2.24) is 20.0 Å². The summed E-state index contributed by atoms with van der Waals surface area (Å²) in [5.41, 5.74) is 1.20. The summed E-state index contributed by atoms with van der Waals surface area (Å²) < 4.78 is 1.99. The largest absolute Gasteiger partial charge is 0.343 e. The highest BCUT2D eigenvalue weighted by atomic mass is 16.2. The third-order valence-corrected chi connectivity index (χ3v) is 4.04. The predicted octanol–water partition coefficient (Wildman–Crippen LogP) is 1.43. The van der Waals surface area contributed by atoms with E-state index in [4.69, 9.17) is 0 Å². The Bertz CT molecular complexity index is 435. The van der Waals surface area contributed by atoms with E-state index >= 15 is 0 Å². The van der Waals surface area contributed by atoms with E-state index in [2.05, 4.69) is 30.5 Å². The van der Waals surface area contributed by atoms with E-state index in [-0.39, 0.29) is 5.91 Å². The lowest BCUT2D eigenvalue weighted by Crippen LogP contribution is -2.41. The van der Waals surface area contributed by atoms with Crippen LogP contribution in [0.1, 0.15) is 32.3 Å². The van der Waals surface area contributed by atoms with Gasteiger partial charge in [0.1, 0.15) is 0 Å². The van der Waals surface area contributed by atoms with Gasteiger partial charge in [0.25, 0.3) is 0 Å². The number of carbonyl (C=O) groups is 1. The number of piperidine rings is 1. The highest BCUT2D eigenvalue weighted by molar-refractivity contribution is 5.73. The van der Waals surface area contributed by atoms with Crippen LogP contribution in [-0.2, 0) is 11.3 Å². The van der Waals surface area contributed by atoms with Gasteiger partial charge in [-0.25, -0.2) is 0 Å². The molecule has 0 unspecified atom stereocenters. The van der Waals surface area contributed by atoms with Crippen LogP contribution < -0.4 is 5.32 Å². The van der Waals surface area contributed by atoms with Crippen molar-refractivity contribution in [3.05, 3.63) is 18.0 Å². The standard InChI is InChI=1S/C15H26N4O/c1-12-8-17-19(10-12)11-13(2)16-9-15-4-6-18(7-5-15)14(3)20/h8,10,13,15-16H,4-7,9,11H2,1-3H3/t13-/m0/s1. The predicted molar refractivity (Wildman–Crippen MR) is 79.4 cm³/mol. The molecule has 1 N–H and O–H groups in total. The first-order valence-corrected chi connectivity index (χ1v) is 7.52. The summed E-state index contributed by atoms with van der Waals surface area (Å²) in [5.74, 6) is 0.895. The third kappa shape index (κ3) is 4.34. The van der Waals surface area contributed by atoms with E-state index in [1.807, 2.05) is 15.8 Å². The molecule has 2 rings (SSSR count). The molecule has 20 heavy (non-hydrogen) atoms. The first-order valence-electron chi connectivity index (χ1n) is 7.52. The average Bonchev–Trinajstić information content (AvgIpc) is 2.82. The fraction of sp³-hybridized carbons (Fsp3) is 0.733. The van der Waals surface area contributed by atoms with Crippen LogP contribution in [-0.4, -0.2) is 46.3 Å². The van der Waals surface area contributed by atoms with Gasteiger partial charge in [-0.3, -0.25) is 9.48 Å². The molecule has 1 amide bonds. The van der Waals surface area contributed by atoms with Crippen molar-refractivity contribution in [2.45, 2.75) is 46.2 Å². The summed E-state index contributed by atoms with van der Waals surface area (Å²) in [6.45, 7) is 9.68. The highest BCUT2D eigenvalue weighted by Crippen LogP contribution is 2.16. The van der Waals surface area contributed by atoms with E-state index in [9.17, 15) is 4.79 Å². The molecule has 0 bridgehead atoms. The molecule has 5 nitrogen and oxygen atoms in total. The molecule has 5 heteroatoms. The van der Waals surface area contributed by atoms with Crippen molar-refractivity contribution < 1.29 is 4.79 Å². The van der Waals surface area contributed by atoms with Crippen LogP contribution in [0.3, 0.4) is 0 Å². The smallest absolute Gasteiger partial charge is 0.219 e. The summed E-state index contributed by atoms with van der Waals surface area (Å²) in [6, 6.07) is 0.417. The van der Waals surface area contributed by atoms with Crippen LogP contribution >= 0.6 is 0 Å². The Kier molecular flexibility index (Phi) is 5.17. The van der Waals surface area contributed by atoms with Gasteiger partial charge in [0.05, 0.1) is 12.7 Å². The Balaban J connectivity index is 1.66. The van der Waals surface area contributed by atoms with Gasteiger partial charge in [0, 0.05) is 32.3 Å². The third-order valence-electron chi connectivity index (χ3n) is 4.04. The van der Waals surface area contributed by atoms with Crippen molar-refractivity contribution in [3.8, 4) is 0 Å². The topological polar surface area (TPSA) is 50.2 Å². The summed E-state index contributed by atoms with van der Waals surface area (Å²) in [6.07, 6.45) is 6.19. The first kappa shape index (κ1) is 15.0. The highest BCUT2D eigenvalue weighted by Gasteiger charge is 2.20. The summed E-state index contributed by atoms with van der Waals surface area (Å²) in [4.78, 5) is 13.2. The molecule has 1 atom stereocenters. The van der Waals surface area contributed by atoms with Crippen LogP contribution in [0, 0.1) is 12.8 Å². The molecule has 112 valence electrons. The van der Waals surface area contributed by atoms with E-state index < -0.39 is 0 Å². The van der Waals surface area contributed by atoms with Gasteiger partial charge in [0.2, 0.25) is 5.91 Å². The molecule has 0 spiro atoms. The minimum absolute atomic E-state index is 0.207. The summed E-state index contributed by atoms with van der Waals surface area (Å²) in [7, 11) is 0. The van der Waals surface area contributed by atoms with Gasteiger partial charge in [-0.1, -0.05) is 0 Å². The number of hydrogen-bond donors (Lipinski definition) is 1. The first-order chi connectivity index (χ1) is 9.54. The summed E-state index contributed by atoms with van der Waals surface area (Å²) in [5, 5.41) is 7.90. The lowest BCUT2D eigenvalue weighted by molar-refractivity contribution is -0.130. The van der Waals surface area contributed by atoms with Crippen molar-refractivity contribution in [3.63, 3.8) is 0 Å². The quantitative estimate of drug-likeness (QED) is 0.886. The average molecular weight is 278 g/mol. The Hall–Kier alpha value is -1.36. The fourth-order valence-electron chi connectivity index (χ4n) is 2.73. The lowest BCUT2D eigenvalue weighted by Gasteiger charge is -2.32. The van der Waals surface area contributed by atoms with Crippen LogP contribution in [0.5, 0.6) is 0 Å². The number of nitrogens with one attached hydrogen (secondary N) is 1. The molecule has 0 aromatic carbocycles. The second-order valence-electron chi connectivity index (χ2n) is 6.00. The molecule has 0 saturated carbocycles. The molecule has 0 aliphatic carbocycles. The van der Waals surface area contributed by atoms with E-state index in [1.54, 1.807) is 6.92 Å². The Labute approximate surface area is 121 Å². The Morgan fingerprint density at radius 1 is 1.50 bits per heavy atom. The van der Waals surface area contributed by atoms with E-state index in [0.29, 0.717) is 12.0 Å². The zero-order chi connectivity index (χ0) is 14.5. The van der Waals surface area contributed by atoms with Crippen molar-refractivity contribution in [2.24, 2.45) is 5.92 Å². The minimum atomic E-state index is 0.207. The molecule has 1 aromatic rings. The van der Waals surface area contributed by atoms with Gasteiger partial charge >= 0.3 is 0 Å². The van der Waals surface area contributed by atoms with E-state index in [1.165, 1.54) is 5.56 Å². The summed E-state index contributed by atoms with van der Waals surface area (Å²) >= 11 is 0. The number of hydrogen-bond acceptors (Lipinski definition) is 3. The van der Waals surface area contributed by atoms with Crippen LogP contribution in [0.4, 0.5) is 0 Å². The molecular formula is C15H26N4O. The van der Waals surface area contributed by atoms with Crippen molar-refractivity contribution >= 4 is 5.91 Å². The number of rotatable bonds is 5. The molecule has 1 aliphatic heterocycles. The monoisotopic (exact) mass is 278 g/mol. The molecule has 1 saturated heterocycles. The number of carbonyl (C=O) groups excluding carboxylic acids is 1. The number of amides is 1. The van der Waals surface area contributed by atoms with Gasteiger partial charge in [0.15, 0.2) is 0 Å². The van der Waals surface area contributed by atoms with Gasteiger partial charge in [-0.15, -0.1) is 0 Å². The van der Waals surface area contributed by atoms with Gasteiger partial charge in [-0.2, -0.15) is 5.10 Å². The van der Waals surface area contributed by atoms with Crippen LogP contribution in [0.15, 0.2) is 12.4 Å². The van der Waals surface area contributed by atoms with Crippen molar-refractivity contribution in [1.29, 1.82) is 0 Å². The fourth-order valence-corrected chi connectivity index (χ4v) is 2.73. The van der Waals surface area contributed by atoms with Gasteiger partial charge < -0.3 is 10.2 Å². The number of nitrogens with zero attached hydrogens (tertiary/aromatic N) is 3. The Morgan fingerprint density at radius 3 is 2.75 bits per heavy atom. The van der Waals surface area contributed by atoms with Gasteiger partial charge in [-0.05, 0) is 44.7 Å². The Morgan fingerprint density at radius 2 is 2.20 bits per heavy atom. The minimum Gasteiger partial charge on any atom is -0.343 e. The van der Waals surface area contributed by atoms with Crippen LogP contribution in [0.25, 0.3) is 0 Å².